The van der Waals surface area contributed by atoms with Gasteiger partial charge in [-0.2, -0.15) is 0 Å². The number of hydrogen-bond donors (Lipinski definition) is 1. The lowest BCUT2D eigenvalue weighted by Crippen LogP contribution is -2.29. The lowest BCUT2D eigenvalue weighted by molar-refractivity contribution is -0.384. The number of benzene rings is 3. The van der Waals surface area contributed by atoms with Crippen molar-refractivity contribution in [3.8, 4) is 0 Å². The molecular weight excluding hydrogens is 514 g/mol. The number of carbonyl (C=O) groups is 3. The highest BCUT2D eigenvalue weighted by atomic mass is 16.6. The third kappa shape index (κ3) is 5.76. The van der Waals surface area contributed by atoms with Crippen LogP contribution in [0.4, 0.5) is 11.4 Å². The summed E-state index contributed by atoms with van der Waals surface area (Å²) in [4.78, 5) is 53.1. The standard InChI is InChI=1S/C30H29N3O7/c1-3-31(4-2)18-19-40-30(37)22-12-14-23(15-13-22)32-26(20-10-16-24(17-11-20)33(38)39)25(28(35)29(32)36)27(34)21-8-6-5-7-9-21/h5-17,26,34H,3-4,18-19H2,1-2H3/b27-25+. The SMILES string of the molecule is CCN(CC)CCOC(=O)c1ccc(N2C(=O)C(=O)/C(=C(/O)c3ccccc3)C2c2ccc([N+](=O)[O-])cc2)cc1. The summed E-state index contributed by atoms with van der Waals surface area (Å²) >= 11 is 0. The van der Waals surface area contributed by atoms with Gasteiger partial charge in [0.15, 0.2) is 0 Å². The van der Waals surface area contributed by atoms with Crippen LogP contribution in [0.1, 0.15) is 41.4 Å². The van der Waals surface area contributed by atoms with E-state index in [-0.39, 0.29) is 29.2 Å². The predicted octanol–water partition coefficient (Wildman–Crippen LogP) is 4.72. The predicted molar refractivity (Wildman–Crippen MR) is 149 cm³/mol. The summed E-state index contributed by atoms with van der Waals surface area (Å²) < 4.78 is 5.37. The van der Waals surface area contributed by atoms with Crippen LogP contribution in [0.5, 0.6) is 0 Å². The number of nitro groups is 1. The van der Waals surface area contributed by atoms with Crippen molar-refractivity contribution in [2.75, 3.05) is 31.1 Å². The second-order valence-corrected chi connectivity index (χ2v) is 9.09. The first-order valence-corrected chi connectivity index (χ1v) is 12.9. The number of hydrogen-bond acceptors (Lipinski definition) is 8. The van der Waals surface area contributed by atoms with E-state index in [0.29, 0.717) is 23.4 Å². The molecule has 1 unspecified atom stereocenters. The van der Waals surface area contributed by atoms with Gasteiger partial charge in [0, 0.05) is 29.9 Å². The number of likely N-dealkylation sites (N-methyl/N-ethyl adjacent to an activating group) is 1. The third-order valence-electron chi connectivity index (χ3n) is 6.83. The van der Waals surface area contributed by atoms with E-state index >= 15 is 0 Å². The van der Waals surface area contributed by atoms with E-state index in [1.165, 1.54) is 53.4 Å². The summed E-state index contributed by atoms with van der Waals surface area (Å²) in [6.07, 6.45) is 0. The van der Waals surface area contributed by atoms with E-state index in [0.717, 1.165) is 13.1 Å². The molecule has 4 rings (SSSR count). The average Bonchev–Trinajstić information content (AvgIpc) is 3.25. The van der Waals surface area contributed by atoms with Gasteiger partial charge in [-0.25, -0.2) is 4.79 Å². The minimum atomic E-state index is -1.06. The van der Waals surface area contributed by atoms with Crippen LogP contribution in [-0.4, -0.2) is 58.8 Å². The Bertz CT molecular complexity index is 1430. The summed E-state index contributed by atoms with van der Waals surface area (Å²) in [6.45, 7) is 6.58. The molecule has 1 amide bonds. The number of aliphatic hydroxyl groups is 1. The summed E-state index contributed by atoms with van der Waals surface area (Å²) in [5, 5.41) is 22.3. The van der Waals surface area contributed by atoms with Crippen LogP contribution in [0.3, 0.4) is 0 Å². The Morgan fingerprint density at radius 3 is 2.15 bits per heavy atom. The zero-order chi connectivity index (χ0) is 28.8. The number of anilines is 1. The number of Topliss-reactive ketones (excluding diaryl/α,β-unsaturated/α-hetero) is 1. The van der Waals surface area contributed by atoms with Gasteiger partial charge in [-0.15, -0.1) is 0 Å². The Kier molecular flexibility index (Phi) is 8.70. The monoisotopic (exact) mass is 543 g/mol. The van der Waals surface area contributed by atoms with Gasteiger partial charge >= 0.3 is 5.97 Å². The zero-order valence-corrected chi connectivity index (χ0v) is 22.1. The number of nitro benzene ring substituents is 1. The topological polar surface area (TPSA) is 130 Å². The molecule has 1 aliphatic heterocycles. The van der Waals surface area contributed by atoms with Crippen LogP contribution in [-0.2, 0) is 14.3 Å². The molecule has 10 nitrogen and oxygen atoms in total. The van der Waals surface area contributed by atoms with Gasteiger partial charge in [-0.3, -0.25) is 24.6 Å². The maximum Gasteiger partial charge on any atom is 0.338 e. The van der Waals surface area contributed by atoms with Crippen LogP contribution >= 0.6 is 0 Å². The molecule has 1 aliphatic rings. The number of non-ortho nitro benzene ring substituents is 1. The Morgan fingerprint density at radius 2 is 1.57 bits per heavy atom. The Hall–Kier alpha value is -4.83. The number of carbonyl (C=O) groups excluding carboxylic acids is 3. The number of amides is 1. The van der Waals surface area contributed by atoms with E-state index in [4.69, 9.17) is 4.74 Å². The molecule has 0 saturated carbocycles. The molecule has 3 aromatic carbocycles. The van der Waals surface area contributed by atoms with Gasteiger partial charge in [0.05, 0.1) is 22.1 Å². The highest BCUT2D eigenvalue weighted by molar-refractivity contribution is 6.51. The maximum absolute atomic E-state index is 13.3. The van der Waals surface area contributed by atoms with Crippen molar-refractivity contribution >= 4 is 34.8 Å². The number of rotatable bonds is 10. The second kappa shape index (κ2) is 12.4. The van der Waals surface area contributed by atoms with Gasteiger partial charge in [0.2, 0.25) is 0 Å². The van der Waals surface area contributed by atoms with E-state index in [1.807, 2.05) is 13.8 Å². The van der Waals surface area contributed by atoms with Crippen molar-refractivity contribution < 1.29 is 29.2 Å². The van der Waals surface area contributed by atoms with Crippen molar-refractivity contribution in [3.05, 3.63) is 111 Å². The number of aliphatic hydroxyl groups excluding tert-OH is 1. The largest absolute Gasteiger partial charge is 0.507 e. The fourth-order valence-corrected chi connectivity index (χ4v) is 4.59. The minimum Gasteiger partial charge on any atom is -0.507 e. The zero-order valence-electron chi connectivity index (χ0n) is 22.1. The average molecular weight is 544 g/mol. The highest BCUT2D eigenvalue weighted by Gasteiger charge is 2.47. The molecule has 1 fully saturated rings. The summed E-state index contributed by atoms with van der Waals surface area (Å²) in [6, 6.07) is 18.8. The molecule has 1 N–H and O–H groups in total. The summed E-state index contributed by atoms with van der Waals surface area (Å²) in [5.74, 6) is -2.66. The lowest BCUT2D eigenvalue weighted by Gasteiger charge is -2.25. The molecule has 0 radical (unpaired) electrons. The fraction of sp³-hybridized carbons (Fsp3) is 0.233. The van der Waals surface area contributed by atoms with Crippen LogP contribution in [0.25, 0.3) is 5.76 Å². The number of esters is 1. The summed E-state index contributed by atoms with van der Waals surface area (Å²) in [7, 11) is 0. The van der Waals surface area contributed by atoms with Crippen molar-refractivity contribution in [3.63, 3.8) is 0 Å². The maximum atomic E-state index is 13.3. The molecule has 0 bridgehead atoms. The molecule has 1 saturated heterocycles. The van der Waals surface area contributed by atoms with Crippen molar-refractivity contribution in [2.24, 2.45) is 0 Å². The van der Waals surface area contributed by atoms with Crippen LogP contribution in [0.15, 0.2) is 84.4 Å². The van der Waals surface area contributed by atoms with Crippen molar-refractivity contribution in [1.29, 1.82) is 0 Å². The van der Waals surface area contributed by atoms with E-state index in [9.17, 15) is 29.6 Å². The van der Waals surface area contributed by atoms with E-state index in [1.54, 1.807) is 30.3 Å². The van der Waals surface area contributed by atoms with Gasteiger partial charge in [-0.05, 0) is 55.1 Å². The molecule has 3 aromatic rings. The highest BCUT2D eigenvalue weighted by Crippen LogP contribution is 2.42. The molecule has 206 valence electrons. The fourth-order valence-electron chi connectivity index (χ4n) is 4.59. The lowest BCUT2D eigenvalue weighted by atomic mass is 9.95. The molecule has 1 heterocycles. The smallest absolute Gasteiger partial charge is 0.338 e. The van der Waals surface area contributed by atoms with Gasteiger partial charge < -0.3 is 14.7 Å². The molecule has 0 aliphatic carbocycles. The van der Waals surface area contributed by atoms with E-state index in [2.05, 4.69) is 4.90 Å². The van der Waals surface area contributed by atoms with Crippen LogP contribution < -0.4 is 4.90 Å². The molecule has 40 heavy (non-hydrogen) atoms. The van der Waals surface area contributed by atoms with Crippen LogP contribution in [0, 0.1) is 10.1 Å². The van der Waals surface area contributed by atoms with Gasteiger partial charge in [-0.1, -0.05) is 44.2 Å². The first-order valence-electron chi connectivity index (χ1n) is 12.9. The van der Waals surface area contributed by atoms with Crippen molar-refractivity contribution in [2.45, 2.75) is 19.9 Å². The molecule has 1 atom stereocenters. The van der Waals surface area contributed by atoms with Crippen LogP contribution in [0.2, 0.25) is 0 Å². The van der Waals surface area contributed by atoms with Crippen molar-refractivity contribution in [1.82, 2.24) is 4.90 Å². The number of ether oxygens (including phenoxy) is 1. The Balaban J connectivity index is 1.69. The molecule has 10 heteroatoms. The minimum absolute atomic E-state index is 0.148. The summed E-state index contributed by atoms with van der Waals surface area (Å²) in [5.41, 5.74) is 1.00. The second-order valence-electron chi connectivity index (χ2n) is 9.09. The number of nitrogens with zero attached hydrogens (tertiary/aromatic N) is 3. The molecule has 0 spiro atoms. The van der Waals surface area contributed by atoms with E-state index < -0.39 is 28.6 Å². The Labute approximate surface area is 231 Å². The van der Waals surface area contributed by atoms with Gasteiger partial charge in [0.25, 0.3) is 17.4 Å². The first kappa shape index (κ1) is 28.2. The first-order chi connectivity index (χ1) is 19.3. The number of ketones is 1. The van der Waals surface area contributed by atoms with Gasteiger partial charge in [0.1, 0.15) is 12.4 Å². The molecular formula is C30H29N3O7. The molecule has 0 aromatic heterocycles. The normalized spacial score (nSPS) is 16.4. The quantitative estimate of drug-likeness (QED) is 0.0971. The third-order valence-corrected chi connectivity index (χ3v) is 6.83. The Morgan fingerprint density at radius 1 is 0.950 bits per heavy atom.